The van der Waals surface area contributed by atoms with Crippen molar-refractivity contribution in [1.82, 2.24) is 0 Å². The van der Waals surface area contributed by atoms with Crippen LogP contribution in [0.3, 0.4) is 0 Å². The van der Waals surface area contributed by atoms with Gasteiger partial charge in [0.15, 0.2) is 0 Å². The van der Waals surface area contributed by atoms with Gasteiger partial charge in [0, 0.05) is 12.0 Å². The van der Waals surface area contributed by atoms with E-state index in [-0.39, 0.29) is 23.5 Å². The Morgan fingerprint density at radius 1 is 1.23 bits per heavy atom. The van der Waals surface area contributed by atoms with E-state index in [0.29, 0.717) is 11.8 Å². The Morgan fingerprint density at radius 3 is 2.59 bits per heavy atom. The molecule has 2 aliphatic rings. The van der Waals surface area contributed by atoms with Gasteiger partial charge in [0.05, 0.1) is 6.10 Å². The fourth-order valence-electron chi connectivity index (χ4n) is 5.11. The number of aliphatic hydroxyl groups excluding tert-OH is 2. The van der Waals surface area contributed by atoms with Gasteiger partial charge in [0.1, 0.15) is 0 Å². The highest BCUT2D eigenvalue weighted by molar-refractivity contribution is 5.43. The highest BCUT2D eigenvalue weighted by Gasteiger charge is 2.55. The molecule has 2 heteroatoms. The molecule has 0 aromatic heterocycles. The number of aliphatic hydroxyl groups is 2. The maximum atomic E-state index is 10.8. The molecule has 2 aliphatic carbocycles. The van der Waals surface area contributed by atoms with Crippen LogP contribution in [0.2, 0.25) is 0 Å². The monoisotopic (exact) mass is 302 g/mol. The average Bonchev–Trinajstić information content (AvgIpc) is 2.51. The van der Waals surface area contributed by atoms with Gasteiger partial charge in [-0.05, 0) is 59.6 Å². The van der Waals surface area contributed by atoms with E-state index in [1.165, 1.54) is 16.7 Å². The fraction of sp³-hybridized carbons (Fsp3) is 0.700. The smallest absolute Gasteiger partial charge is 0.0637 e. The lowest BCUT2D eigenvalue weighted by Crippen LogP contribution is -2.57. The van der Waals surface area contributed by atoms with Crippen LogP contribution in [0.4, 0.5) is 0 Å². The molecule has 1 aromatic carbocycles. The van der Waals surface area contributed by atoms with Crippen LogP contribution >= 0.6 is 0 Å². The molecule has 0 saturated heterocycles. The van der Waals surface area contributed by atoms with E-state index in [0.717, 1.165) is 25.7 Å². The summed E-state index contributed by atoms with van der Waals surface area (Å²) in [6.45, 7) is 9.11. The van der Waals surface area contributed by atoms with Crippen molar-refractivity contribution in [2.24, 2.45) is 11.3 Å². The summed E-state index contributed by atoms with van der Waals surface area (Å²) in [6.07, 6.45) is 3.54. The summed E-state index contributed by atoms with van der Waals surface area (Å²) in [6, 6.07) is 6.83. The van der Waals surface area contributed by atoms with Gasteiger partial charge in [-0.15, -0.1) is 0 Å². The van der Waals surface area contributed by atoms with Crippen molar-refractivity contribution < 1.29 is 10.2 Å². The molecular formula is C20H30O2. The standard InChI is InChI=1S/C20H30O2/c1-13(2)14-5-7-16-15(11-14)6-8-17-19(3,12-21)10-9-18(22)20(16,17)4/h5,7,11,13,17-18,21-22H,6,8-10,12H2,1-4H3/t17-,18+,19+,20-/m1/s1. The number of benzene rings is 1. The van der Waals surface area contributed by atoms with Gasteiger partial charge in [-0.25, -0.2) is 0 Å². The normalized spacial score (nSPS) is 37.8. The van der Waals surface area contributed by atoms with Crippen LogP contribution in [0.25, 0.3) is 0 Å². The first-order chi connectivity index (χ1) is 10.3. The van der Waals surface area contributed by atoms with Gasteiger partial charge in [-0.1, -0.05) is 45.9 Å². The third-order valence-corrected chi connectivity index (χ3v) is 6.69. The van der Waals surface area contributed by atoms with Gasteiger partial charge in [0.2, 0.25) is 0 Å². The lowest BCUT2D eigenvalue weighted by atomic mass is 9.49. The van der Waals surface area contributed by atoms with E-state index in [1.807, 2.05) is 0 Å². The molecule has 0 radical (unpaired) electrons. The molecule has 0 heterocycles. The Balaban J connectivity index is 2.10. The molecule has 2 nitrogen and oxygen atoms in total. The molecule has 1 fully saturated rings. The zero-order chi connectivity index (χ0) is 16.1. The number of aryl methyl sites for hydroxylation is 1. The second-order valence-electron chi connectivity index (χ2n) is 8.31. The zero-order valence-electron chi connectivity index (χ0n) is 14.4. The van der Waals surface area contributed by atoms with Crippen molar-refractivity contribution in [1.29, 1.82) is 0 Å². The van der Waals surface area contributed by atoms with Crippen LogP contribution in [-0.4, -0.2) is 22.9 Å². The Hall–Kier alpha value is -0.860. The van der Waals surface area contributed by atoms with Gasteiger partial charge in [-0.3, -0.25) is 0 Å². The average molecular weight is 302 g/mol. The molecule has 3 rings (SSSR count). The van der Waals surface area contributed by atoms with Crippen LogP contribution in [0.1, 0.15) is 69.6 Å². The summed E-state index contributed by atoms with van der Waals surface area (Å²) in [5, 5.41) is 20.8. The van der Waals surface area contributed by atoms with E-state index >= 15 is 0 Å². The SMILES string of the molecule is CC(C)c1ccc2c(c1)CC[C@@H]1[C@](C)(CO)CC[C@H](O)[C@]21C. The van der Waals surface area contributed by atoms with Crippen molar-refractivity contribution in [2.75, 3.05) is 6.61 Å². The van der Waals surface area contributed by atoms with Crippen molar-refractivity contribution in [3.63, 3.8) is 0 Å². The van der Waals surface area contributed by atoms with Gasteiger partial charge in [0.25, 0.3) is 0 Å². The third-order valence-electron chi connectivity index (χ3n) is 6.69. The summed E-state index contributed by atoms with van der Waals surface area (Å²) in [5.41, 5.74) is 3.82. The first kappa shape index (κ1) is 16.0. The maximum Gasteiger partial charge on any atom is 0.0637 e. The van der Waals surface area contributed by atoms with E-state index in [2.05, 4.69) is 45.9 Å². The highest BCUT2D eigenvalue weighted by Crippen LogP contribution is 2.57. The second-order valence-corrected chi connectivity index (χ2v) is 8.31. The van der Waals surface area contributed by atoms with Gasteiger partial charge >= 0.3 is 0 Å². The first-order valence-corrected chi connectivity index (χ1v) is 8.75. The summed E-state index contributed by atoms with van der Waals surface area (Å²) in [4.78, 5) is 0. The zero-order valence-corrected chi connectivity index (χ0v) is 14.4. The number of rotatable bonds is 2. The number of fused-ring (bicyclic) bond motifs is 3. The van der Waals surface area contributed by atoms with E-state index in [4.69, 9.17) is 0 Å². The van der Waals surface area contributed by atoms with E-state index in [9.17, 15) is 10.2 Å². The molecular weight excluding hydrogens is 272 g/mol. The topological polar surface area (TPSA) is 40.5 Å². The highest BCUT2D eigenvalue weighted by atomic mass is 16.3. The quantitative estimate of drug-likeness (QED) is 0.873. The lowest BCUT2D eigenvalue weighted by Gasteiger charge is -2.57. The third kappa shape index (κ3) is 2.15. The molecule has 0 spiro atoms. The van der Waals surface area contributed by atoms with E-state index in [1.54, 1.807) is 0 Å². The predicted molar refractivity (Wildman–Crippen MR) is 90.1 cm³/mol. The first-order valence-electron chi connectivity index (χ1n) is 8.75. The van der Waals surface area contributed by atoms with Crippen molar-refractivity contribution in [2.45, 2.75) is 70.8 Å². The molecule has 22 heavy (non-hydrogen) atoms. The maximum absolute atomic E-state index is 10.8. The molecule has 0 bridgehead atoms. The minimum Gasteiger partial charge on any atom is -0.396 e. The summed E-state index contributed by atoms with van der Waals surface area (Å²) < 4.78 is 0. The second kappa shape index (κ2) is 5.35. The predicted octanol–water partition coefficient (Wildman–Crippen LogP) is 3.78. The molecule has 122 valence electrons. The summed E-state index contributed by atoms with van der Waals surface area (Å²) in [5.74, 6) is 0.890. The summed E-state index contributed by atoms with van der Waals surface area (Å²) >= 11 is 0. The molecule has 4 atom stereocenters. The Kier molecular flexibility index (Phi) is 3.89. The van der Waals surface area contributed by atoms with Crippen LogP contribution in [0, 0.1) is 11.3 Å². The van der Waals surface area contributed by atoms with Crippen molar-refractivity contribution in [3.05, 3.63) is 34.9 Å². The van der Waals surface area contributed by atoms with Crippen LogP contribution in [-0.2, 0) is 11.8 Å². The van der Waals surface area contributed by atoms with Gasteiger partial charge in [-0.2, -0.15) is 0 Å². The van der Waals surface area contributed by atoms with Crippen LogP contribution < -0.4 is 0 Å². The minimum absolute atomic E-state index is 0.0671. The molecule has 1 aromatic rings. The van der Waals surface area contributed by atoms with Crippen molar-refractivity contribution in [3.8, 4) is 0 Å². The molecule has 0 aliphatic heterocycles. The largest absolute Gasteiger partial charge is 0.396 e. The van der Waals surface area contributed by atoms with E-state index < -0.39 is 0 Å². The fourth-order valence-corrected chi connectivity index (χ4v) is 5.11. The van der Waals surface area contributed by atoms with Crippen molar-refractivity contribution >= 4 is 0 Å². The number of hydrogen-bond acceptors (Lipinski definition) is 2. The Labute approximate surface area is 134 Å². The summed E-state index contributed by atoms with van der Waals surface area (Å²) in [7, 11) is 0. The lowest BCUT2D eigenvalue weighted by molar-refractivity contribution is -0.0862. The van der Waals surface area contributed by atoms with Crippen LogP contribution in [0.15, 0.2) is 18.2 Å². The molecule has 0 unspecified atom stereocenters. The Bertz CT molecular complexity index is 565. The molecule has 1 saturated carbocycles. The molecule has 2 N–H and O–H groups in total. The van der Waals surface area contributed by atoms with Gasteiger partial charge < -0.3 is 10.2 Å². The Morgan fingerprint density at radius 2 is 1.95 bits per heavy atom. The van der Waals surface area contributed by atoms with Crippen LogP contribution in [0.5, 0.6) is 0 Å². The minimum atomic E-state index is -0.305. The number of hydrogen-bond donors (Lipinski definition) is 2. The molecule has 0 amide bonds.